The van der Waals surface area contributed by atoms with E-state index in [-0.39, 0.29) is 12.4 Å². The molecule has 0 aliphatic carbocycles. The molecule has 0 radical (unpaired) electrons. The zero-order valence-electron chi connectivity index (χ0n) is 9.84. The Labute approximate surface area is 99.0 Å². The largest absolute Gasteiger partial charge is 0.484 e. The molecule has 0 bridgehead atoms. The molecule has 0 amide bonds. The van der Waals surface area contributed by atoms with Crippen molar-refractivity contribution >= 4 is 5.97 Å². The number of aromatic nitrogens is 1. The average Bonchev–Trinajstić information content (AvgIpc) is 2.26. The van der Waals surface area contributed by atoms with Gasteiger partial charge >= 0.3 is 5.97 Å². The number of carboxylic acid groups (broad SMARTS) is 1. The van der Waals surface area contributed by atoms with Gasteiger partial charge < -0.3 is 9.84 Å². The molecule has 17 heavy (non-hydrogen) atoms. The molecule has 1 N–H and O–H groups in total. The number of hydrogen-bond acceptors (Lipinski definition) is 3. The summed E-state index contributed by atoms with van der Waals surface area (Å²) in [5.41, 5.74) is 0.328. The lowest BCUT2D eigenvalue weighted by molar-refractivity contribution is -0.140. The van der Waals surface area contributed by atoms with Gasteiger partial charge in [0.25, 0.3) is 5.56 Å². The second-order valence-corrected chi connectivity index (χ2v) is 3.84. The molecule has 0 fully saturated rings. The summed E-state index contributed by atoms with van der Waals surface area (Å²) < 4.78 is 6.36. The van der Waals surface area contributed by atoms with Gasteiger partial charge in [0.2, 0.25) is 0 Å². The van der Waals surface area contributed by atoms with Gasteiger partial charge in [0.15, 0.2) is 5.75 Å². The lowest BCUT2D eigenvalue weighted by atomic mass is 10.3. The second kappa shape index (κ2) is 5.34. The minimum Gasteiger partial charge on any atom is -0.484 e. The number of carbonyl (C=O) groups is 1. The van der Waals surface area contributed by atoms with Crippen LogP contribution < -0.4 is 10.3 Å². The molecule has 0 saturated carbocycles. The van der Waals surface area contributed by atoms with Crippen molar-refractivity contribution < 1.29 is 14.6 Å². The number of carboxylic acids is 1. The third kappa shape index (κ3) is 3.21. The van der Waals surface area contributed by atoms with Crippen LogP contribution in [0.15, 0.2) is 35.3 Å². The summed E-state index contributed by atoms with van der Waals surface area (Å²) in [6.45, 7) is 7.11. The minimum atomic E-state index is -1.07. The van der Waals surface area contributed by atoms with Crippen molar-refractivity contribution in [3.8, 4) is 5.75 Å². The van der Waals surface area contributed by atoms with E-state index < -0.39 is 17.6 Å². The summed E-state index contributed by atoms with van der Waals surface area (Å²) >= 11 is 0. The quantitative estimate of drug-likeness (QED) is 0.787. The Morgan fingerprint density at radius 3 is 2.82 bits per heavy atom. The van der Waals surface area contributed by atoms with E-state index in [1.54, 1.807) is 13.0 Å². The Bertz CT molecular complexity index is 490. The van der Waals surface area contributed by atoms with E-state index in [1.165, 1.54) is 19.2 Å². The van der Waals surface area contributed by atoms with Crippen LogP contribution >= 0.6 is 0 Å². The Morgan fingerprint density at radius 2 is 2.29 bits per heavy atom. The van der Waals surface area contributed by atoms with Crippen molar-refractivity contribution in [2.24, 2.45) is 0 Å². The van der Waals surface area contributed by atoms with Gasteiger partial charge in [0.1, 0.15) is 12.6 Å². The van der Waals surface area contributed by atoms with Gasteiger partial charge in [-0.3, -0.25) is 9.36 Å². The standard InChI is InChI=1S/C12H15NO4/c1-8(2)7-17-10-5-4-6-13(11(10)14)9(3)12(15)16/h4-6,9H,1,7H2,2-3H3,(H,15,16). The molecular formula is C12H15NO4. The number of rotatable bonds is 5. The summed E-state index contributed by atoms with van der Waals surface area (Å²) in [5.74, 6) is -0.937. The van der Waals surface area contributed by atoms with Crippen LogP contribution in [0.2, 0.25) is 0 Å². The normalized spacial score (nSPS) is 11.9. The highest BCUT2D eigenvalue weighted by atomic mass is 16.5. The van der Waals surface area contributed by atoms with E-state index >= 15 is 0 Å². The van der Waals surface area contributed by atoms with Crippen LogP contribution in [-0.2, 0) is 4.79 Å². The van der Waals surface area contributed by atoms with Crippen molar-refractivity contribution in [3.05, 3.63) is 40.8 Å². The molecule has 1 atom stereocenters. The van der Waals surface area contributed by atoms with Crippen molar-refractivity contribution in [3.63, 3.8) is 0 Å². The van der Waals surface area contributed by atoms with Crippen LogP contribution in [0, 0.1) is 0 Å². The monoisotopic (exact) mass is 237 g/mol. The van der Waals surface area contributed by atoms with E-state index in [0.29, 0.717) is 0 Å². The third-order valence-electron chi connectivity index (χ3n) is 2.19. The van der Waals surface area contributed by atoms with Gasteiger partial charge in [0, 0.05) is 6.20 Å². The summed E-state index contributed by atoms with van der Waals surface area (Å²) in [6, 6.07) is 2.17. The smallest absolute Gasteiger partial charge is 0.326 e. The van der Waals surface area contributed by atoms with Crippen LogP contribution in [-0.4, -0.2) is 22.2 Å². The van der Waals surface area contributed by atoms with Crippen LogP contribution in [0.1, 0.15) is 19.9 Å². The van der Waals surface area contributed by atoms with Crippen molar-refractivity contribution in [2.75, 3.05) is 6.61 Å². The van der Waals surface area contributed by atoms with Crippen molar-refractivity contribution in [1.82, 2.24) is 4.57 Å². The fourth-order valence-electron chi connectivity index (χ4n) is 1.22. The molecule has 5 nitrogen and oxygen atoms in total. The highest BCUT2D eigenvalue weighted by Crippen LogP contribution is 2.08. The summed E-state index contributed by atoms with van der Waals surface area (Å²) in [7, 11) is 0. The first-order valence-electron chi connectivity index (χ1n) is 5.14. The topological polar surface area (TPSA) is 68.5 Å². The Balaban J connectivity index is 3.03. The summed E-state index contributed by atoms with van der Waals surface area (Å²) in [5, 5.41) is 8.85. The van der Waals surface area contributed by atoms with Gasteiger partial charge in [-0.25, -0.2) is 4.79 Å². The predicted octanol–water partition coefficient (Wildman–Crippen LogP) is 1.45. The Morgan fingerprint density at radius 1 is 1.65 bits per heavy atom. The maximum atomic E-state index is 11.9. The lowest BCUT2D eigenvalue weighted by Gasteiger charge is -2.12. The predicted molar refractivity (Wildman–Crippen MR) is 63.4 cm³/mol. The number of nitrogens with zero attached hydrogens (tertiary/aromatic N) is 1. The number of ether oxygens (including phenoxy) is 1. The Kier molecular flexibility index (Phi) is 4.09. The van der Waals surface area contributed by atoms with Crippen LogP contribution in [0.25, 0.3) is 0 Å². The molecule has 1 aromatic rings. The maximum absolute atomic E-state index is 11.9. The molecule has 0 aliphatic rings. The average molecular weight is 237 g/mol. The van der Waals surface area contributed by atoms with E-state index in [2.05, 4.69) is 6.58 Å². The number of aliphatic carboxylic acids is 1. The third-order valence-corrected chi connectivity index (χ3v) is 2.19. The van der Waals surface area contributed by atoms with E-state index in [9.17, 15) is 9.59 Å². The van der Waals surface area contributed by atoms with E-state index in [1.807, 2.05) is 0 Å². The molecule has 0 saturated heterocycles. The van der Waals surface area contributed by atoms with Crippen LogP contribution in [0.3, 0.4) is 0 Å². The van der Waals surface area contributed by atoms with E-state index in [4.69, 9.17) is 9.84 Å². The molecule has 0 spiro atoms. The van der Waals surface area contributed by atoms with Crippen molar-refractivity contribution in [2.45, 2.75) is 19.9 Å². The fourth-order valence-corrected chi connectivity index (χ4v) is 1.22. The first kappa shape index (κ1) is 13.0. The van der Waals surface area contributed by atoms with Gasteiger partial charge in [-0.15, -0.1) is 0 Å². The van der Waals surface area contributed by atoms with E-state index in [0.717, 1.165) is 10.1 Å². The highest BCUT2D eigenvalue weighted by molar-refractivity contribution is 5.71. The second-order valence-electron chi connectivity index (χ2n) is 3.84. The molecule has 1 rings (SSSR count). The number of pyridine rings is 1. The molecular weight excluding hydrogens is 222 g/mol. The summed E-state index contributed by atoms with van der Waals surface area (Å²) in [6.07, 6.45) is 1.43. The first-order valence-corrected chi connectivity index (χ1v) is 5.14. The van der Waals surface area contributed by atoms with Gasteiger partial charge in [-0.05, 0) is 31.6 Å². The van der Waals surface area contributed by atoms with Crippen LogP contribution in [0.5, 0.6) is 5.75 Å². The molecule has 1 aromatic heterocycles. The van der Waals surface area contributed by atoms with Crippen molar-refractivity contribution in [1.29, 1.82) is 0 Å². The molecule has 5 heteroatoms. The fraction of sp³-hybridized carbons (Fsp3) is 0.333. The lowest BCUT2D eigenvalue weighted by Crippen LogP contribution is -2.28. The Hall–Kier alpha value is -2.04. The zero-order valence-corrected chi connectivity index (χ0v) is 9.84. The number of hydrogen-bond donors (Lipinski definition) is 1. The van der Waals surface area contributed by atoms with Gasteiger partial charge in [-0.2, -0.15) is 0 Å². The summed E-state index contributed by atoms with van der Waals surface area (Å²) in [4.78, 5) is 22.7. The van der Waals surface area contributed by atoms with Crippen LogP contribution in [0.4, 0.5) is 0 Å². The molecule has 0 aliphatic heterocycles. The highest BCUT2D eigenvalue weighted by Gasteiger charge is 2.16. The molecule has 0 aromatic carbocycles. The minimum absolute atomic E-state index is 0.128. The first-order chi connectivity index (χ1) is 7.93. The SMILES string of the molecule is C=C(C)COc1cccn(C(C)C(=O)O)c1=O. The molecule has 92 valence electrons. The molecule has 1 heterocycles. The maximum Gasteiger partial charge on any atom is 0.326 e. The van der Waals surface area contributed by atoms with Gasteiger partial charge in [-0.1, -0.05) is 6.58 Å². The zero-order chi connectivity index (χ0) is 13.0. The molecule has 1 unspecified atom stereocenters. The van der Waals surface area contributed by atoms with Gasteiger partial charge in [0.05, 0.1) is 0 Å².